The number of aromatic amines is 1. The molecule has 1 aromatic heterocycles. The number of para-hydroxylation sites is 1. The van der Waals surface area contributed by atoms with Crippen LogP contribution >= 0.6 is 0 Å². The summed E-state index contributed by atoms with van der Waals surface area (Å²) in [5.41, 5.74) is 2.66. The Balaban J connectivity index is 1.45. The summed E-state index contributed by atoms with van der Waals surface area (Å²) in [6.07, 6.45) is 9.12. The standard InChI is InChI=1S/C18H26N2/c1-14-5-7-15(8-6-14)9-11-19-13-17-4-2-3-16-10-12-20-18(16)17/h2-4,10,12,14-15,19-20H,5-9,11,13H2,1H3. The van der Waals surface area contributed by atoms with E-state index in [2.05, 4.69) is 41.5 Å². The average Bonchev–Trinajstić information content (AvgIpc) is 2.94. The van der Waals surface area contributed by atoms with Gasteiger partial charge in [-0.25, -0.2) is 0 Å². The first kappa shape index (κ1) is 13.7. The van der Waals surface area contributed by atoms with E-state index in [0.717, 1.165) is 24.9 Å². The van der Waals surface area contributed by atoms with Crippen LogP contribution < -0.4 is 5.32 Å². The Morgan fingerprint density at radius 1 is 1.15 bits per heavy atom. The van der Waals surface area contributed by atoms with Crippen LogP contribution in [0.4, 0.5) is 0 Å². The average molecular weight is 270 g/mol. The molecular weight excluding hydrogens is 244 g/mol. The lowest BCUT2D eigenvalue weighted by Gasteiger charge is -2.26. The van der Waals surface area contributed by atoms with Crippen molar-refractivity contribution >= 4 is 10.9 Å². The van der Waals surface area contributed by atoms with Gasteiger partial charge in [-0.15, -0.1) is 0 Å². The van der Waals surface area contributed by atoms with Gasteiger partial charge in [-0.1, -0.05) is 50.8 Å². The molecule has 0 aliphatic heterocycles. The fourth-order valence-corrected chi connectivity index (χ4v) is 3.44. The summed E-state index contributed by atoms with van der Waals surface area (Å²) < 4.78 is 0. The number of nitrogens with one attached hydrogen (secondary N) is 2. The maximum Gasteiger partial charge on any atom is 0.0499 e. The van der Waals surface area contributed by atoms with Gasteiger partial charge in [0.1, 0.15) is 0 Å². The first-order chi connectivity index (χ1) is 9.83. The highest BCUT2D eigenvalue weighted by molar-refractivity contribution is 5.82. The Hall–Kier alpha value is -1.28. The van der Waals surface area contributed by atoms with Gasteiger partial charge >= 0.3 is 0 Å². The van der Waals surface area contributed by atoms with Gasteiger partial charge in [0.05, 0.1) is 0 Å². The van der Waals surface area contributed by atoms with Crippen LogP contribution in [0.1, 0.15) is 44.6 Å². The third kappa shape index (κ3) is 3.24. The van der Waals surface area contributed by atoms with Gasteiger partial charge in [0.15, 0.2) is 0 Å². The van der Waals surface area contributed by atoms with Crippen LogP contribution in [0.2, 0.25) is 0 Å². The van der Waals surface area contributed by atoms with Crippen molar-refractivity contribution in [2.24, 2.45) is 11.8 Å². The predicted molar refractivity (Wildman–Crippen MR) is 85.7 cm³/mol. The topological polar surface area (TPSA) is 27.8 Å². The molecule has 1 aromatic carbocycles. The Kier molecular flexibility index (Phi) is 4.41. The monoisotopic (exact) mass is 270 g/mol. The minimum absolute atomic E-state index is 0.958. The maximum atomic E-state index is 3.62. The fraction of sp³-hybridized carbons (Fsp3) is 0.556. The summed E-state index contributed by atoms with van der Waals surface area (Å²) in [6.45, 7) is 4.52. The molecular formula is C18H26N2. The minimum atomic E-state index is 0.958. The Morgan fingerprint density at radius 2 is 2.00 bits per heavy atom. The SMILES string of the molecule is CC1CCC(CCNCc2cccc3cc[nH]c23)CC1. The number of hydrogen-bond acceptors (Lipinski definition) is 1. The van der Waals surface area contributed by atoms with Gasteiger partial charge in [-0.2, -0.15) is 0 Å². The Labute approximate surface area is 122 Å². The second-order valence-corrected chi connectivity index (χ2v) is 6.45. The molecule has 1 fully saturated rings. The van der Waals surface area contributed by atoms with Crippen LogP contribution in [-0.4, -0.2) is 11.5 Å². The smallest absolute Gasteiger partial charge is 0.0499 e. The van der Waals surface area contributed by atoms with Crippen molar-refractivity contribution in [2.75, 3.05) is 6.54 Å². The van der Waals surface area contributed by atoms with Crippen molar-refractivity contribution in [3.8, 4) is 0 Å². The molecule has 2 aromatic rings. The molecule has 1 aliphatic rings. The molecule has 0 amide bonds. The van der Waals surface area contributed by atoms with E-state index in [-0.39, 0.29) is 0 Å². The molecule has 3 rings (SSSR count). The molecule has 0 atom stereocenters. The molecule has 0 spiro atoms. The molecule has 0 saturated heterocycles. The fourth-order valence-electron chi connectivity index (χ4n) is 3.44. The van der Waals surface area contributed by atoms with Crippen LogP contribution in [-0.2, 0) is 6.54 Å². The lowest BCUT2D eigenvalue weighted by Crippen LogP contribution is -2.20. The lowest BCUT2D eigenvalue weighted by atomic mass is 9.81. The molecule has 0 radical (unpaired) electrons. The zero-order valence-electron chi connectivity index (χ0n) is 12.5. The van der Waals surface area contributed by atoms with Crippen LogP contribution in [0.3, 0.4) is 0 Å². The highest BCUT2D eigenvalue weighted by Gasteiger charge is 2.17. The number of H-pyrrole nitrogens is 1. The van der Waals surface area contributed by atoms with Gasteiger partial charge in [0.2, 0.25) is 0 Å². The van der Waals surface area contributed by atoms with Crippen molar-refractivity contribution < 1.29 is 0 Å². The third-order valence-corrected chi connectivity index (χ3v) is 4.85. The number of hydrogen-bond donors (Lipinski definition) is 2. The van der Waals surface area contributed by atoms with Crippen LogP contribution in [0.5, 0.6) is 0 Å². The molecule has 20 heavy (non-hydrogen) atoms. The first-order valence-electron chi connectivity index (χ1n) is 8.08. The summed E-state index contributed by atoms with van der Waals surface area (Å²) in [5.74, 6) is 1.92. The van der Waals surface area contributed by atoms with Gasteiger partial charge in [-0.05, 0) is 41.8 Å². The van der Waals surface area contributed by atoms with Crippen molar-refractivity contribution in [3.05, 3.63) is 36.0 Å². The number of rotatable bonds is 5. The summed E-state index contributed by atoms with van der Waals surface area (Å²) in [4.78, 5) is 3.34. The number of aromatic nitrogens is 1. The number of fused-ring (bicyclic) bond motifs is 1. The number of benzene rings is 1. The minimum Gasteiger partial charge on any atom is -0.361 e. The highest BCUT2D eigenvalue weighted by atomic mass is 14.9. The molecule has 2 N–H and O–H groups in total. The van der Waals surface area contributed by atoms with E-state index in [0.29, 0.717) is 0 Å². The van der Waals surface area contributed by atoms with E-state index in [1.165, 1.54) is 48.6 Å². The van der Waals surface area contributed by atoms with Gasteiger partial charge in [0.25, 0.3) is 0 Å². The van der Waals surface area contributed by atoms with E-state index in [9.17, 15) is 0 Å². The molecule has 1 aliphatic carbocycles. The molecule has 0 unspecified atom stereocenters. The zero-order chi connectivity index (χ0) is 13.8. The summed E-state index contributed by atoms with van der Waals surface area (Å²) in [6, 6.07) is 8.67. The zero-order valence-corrected chi connectivity index (χ0v) is 12.5. The van der Waals surface area contributed by atoms with E-state index in [1.54, 1.807) is 0 Å². The summed E-state index contributed by atoms with van der Waals surface area (Å²) in [5, 5.41) is 4.93. The Morgan fingerprint density at radius 3 is 2.85 bits per heavy atom. The van der Waals surface area contributed by atoms with Crippen LogP contribution in [0.25, 0.3) is 10.9 Å². The van der Waals surface area contributed by atoms with Gasteiger partial charge in [-0.3, -0.25) is 0 Å². The van der Waals surface area contributed by atoms with Crippen molar-refractivity contribution in [2.45, 2.75) is 45.6 Å². The molecule has 108 valence electrons. The molecule has 0 bridgehead atoms. The summed E-state index contributed by atoms with van der Waals surface area (Å²) in [7, 11) is 0. The highest BCUT2D eigenvalue weighted by Crippen LogP contribution is 2.29. The van der Waals surface area contributed by atoms with Gasteiger partial charge in [0, 0.05) is 18.3 Å². The molecule has 2 heteroatoms. The normalized spacial score (nSPS) is 23.2. The third-order valence-electron chi connectivity index (χ3n) is 4.85. The predicted octanol–water partition coefficient (Wildman–Crippen LogP) is 4.47. The second-order valence-electron chi connectivity index (χ2n) is 6.45. The quantitative estimate of drug-likeness (QED) is 0.771. The maximum absolute atomic E-state index is 3.62. The summed E-state index contributed by atoms with van der Waals surface area (Å²) >= 11 is 0. The first-order valence-corrected chi connectivity index (χ1v) is 8.08. The van der Waals surface area contributed by atoms with E-state index < -0.39 is 0 Å². The van der Waals surface area contributed by atoms with Crippen molar-refractivity contribution in [3.63, 3.8) is 0 Å². The largest absolute Gasteiger partial charge is 0.361 e. The van der Waals surface area contributed by atoms with Gasteiger partial charge < -0.3 is 10.3 Å². The van der Waals surface area contributed by atoms with Crippen LogP contribution in [0.15, 0.2) is 30.5 Å². The molecule has 2 nitrogen and oxygen atoms in total. The Bertz CT molecular complexity index is 535. The lowest BCUT2D eigenvalue weighted by molar-refractivity contribution is 0.275. The molecule has 1 saturated carbocycles. The van der Waals surface area contributed by atoms with E-state index in [4.69, 9.17) is 0 Å². The van der Waals surface area contributed by atoms with Crippen LogP contribution in [0, 0.1) is 11.8 Å². The second kappa shape index (κ2) is 6.45. The molecule has 1 heterocycles. The van der Waals surface area contributed by atoms with E-state index >= 15 is 0 Å². The van der Waals surface area contributed by atoms with Crippen molar-refractivity contribution in [1.29, 1.82) is 0 Å². The van der Waals surface area contributed by atoms with E-state index in [1.807, 2.05) is 6.20 Å². The van der Waals surface area contributed by atoms with Crippen molar-refractivity contribution in [1.82, 2.24) is 10.3 Å².